The van der Waals surface area contributed by atoms with Crippen LogP contribution in [0.5, 0.6) is 0 Å². The van der Waals surface area contributed by atoms with E-state index in [1.54, 1.807) is 0 Å². The minimum atomic E-state index is 0.445. The van der Waals surface area contributed by atoms with E-state index in [1.807, 2.05) is 0 Å². The van der Waals surface area contributed by atoms with Crippen molar-refractivity contribution >= 4 is 0 Å². The monoisotopic (exact) mass is 268 g/mol. The molecule has 1 saturated heterocycles. The van der Waals surface area contributed by atoms with Crippen molar-refractivity contribution in [2.75, 3.05) is 32.7 Å². The van der Waals surface area contributed by atoms with Crippen LogP contribution in [0.4, 0.5) is 0 Å². The summed E-state index contributed by atoms with van der Waals surface area (Å²) in [5.41, 5.74) is 0.445. The van der Waals surface area contributed by atoms with Gasteiger partial charge in [-0.1, -0.05) is 41.0 Å². The van der Waals surface area contributed by atoms with E-state index in [0.717, 1.165) is 18.4 Å². The third-order valence-corrected chi connectivity index (χ3v) is 4.38. The third kappa shape index (κ3) is 6.27. The van der Waals surface area contributed by atoms with Crippen LogP contribution in [0.3, 0.4) is 0 Å². The molecule has 19 heavy (non-hydrogen) atoms. The second-order valence-corrected chi connectivity index (χ2v) is 7.38. The number of rotatable bonds is 8. The molecule has 1 aliphatic rings. The predicted octanol–water partition coefficient (Wildman–Crippen LogP) is 3.77. The first-order valence-electron chi connectivity index (χ1n) is 8.42. The summed E-state index contributed by atoms with van der Waals surface area (Å²) >= 11 is 0. The van der Waals surface area contributed by atoms with Crippen LogP contribution in [-0.4, -0.2) is 37.6 Å². The minimum Gasteiger partial charge on any atom is -0.316 e. The van der Waals surface area contributed by atoms with E-state index < -0.39 is 0 Å². The Morgan fingerprint density at radius 1 is 1.11 bits per heavy atom. The normalized spacial score (nSPS) is 28.3. The molecule has 1 aliphatic heterocycles. The van der Waals surface area contributed by atoms with Gasteiger partial charge in [-0.05, 0) is 43.1 Å². The average Bonchev–Trinajstić information content (AvgIpc) is 2.27. The molecular weight excluding hydrogens is 232 g/mol. The highest BCUT2D eigenvalue weighted by atomic mass is 15.1. The van der Waals surface area contributed by atoms with Gasteiger partial charge in [0, 0.05) is 26.2 Å². The maximum atomic E-state index is 3.65. The van der Waals surface area contributed by atoms with Gasteiger partial charge in [-0.25, -0.2) is 0 Å². The van der Waals surface area contributed by atoms with Crippen LogP contribution in [0, 0.1) is 17.3 Å². The topological polar surface area (TPSA) is 15.3 Å². The second-order valence-electron chi connectivity index (χ2n) is 7.38. The van der Waals surface area contributed by atoms with Crippen molar-refractivity contribution in [3.63, 3.8) is 0 Å². The Morgan fingerprint density at radius 2 is 1.74 bits per heavy atom. The largest absolute Gasteiger partial charge is 0.316 e. The molecule has 1 N–H and O–H groups in total. The molecule has 1 fully saturated rings. The quantitative estimate of drug-likeness (QED) is 0.674. The summed E-state index contributed by atoms with van der Waals surface area (Å²) in [5, 5.41) is 3.65. The van der Waals surface area contributed by atoms with Gasteiger partial charge in [0.05, 0.1) is 0 Å². The third-order valence-electron chi connectivity index (χ3n) is 4.38. The van der Waals surface area contributed by atoms with Crippen molar-refractivity contribution < 1.29 is 0 Å². The molecule has 0 aromatic rings. The molecule has 0 aromatic carbocycles. The summed E-state index contributed by atoms with van der Waals surface area (Å²) in [4.78, 5) is 2.72. The summed E-state index contributed by atoms with van der Waals surface area (Å²) in [6.45, 7) is 18.1. The molecule has 1 rings (SSSR count). The fourth-order valence-electron chi connectivity index (χ4n) is 3.85. The maximum absolute atomic E-state index is 3.65. The molecule has 0 aromatic heterocycles. The van der Waals surface area contributed by atoms with Crippen LogP contribution in [0.2, 0.25) is 0 Å². The molecule has 0 amide bonds. The lowest BCUT2D eigenvalue weighted by Gasteiger charge is -2.41. The molecule has 0 saturated carbocycles. The van der Waals surface area contributed by atoms with Gasteiger partial charge in [0.2, 0.25) is 0 Å². The molecule has 1 heterocycles. The molecule has 2 nitrogen and oxygen atoms in total. The zero-order valence-corrected chi connectivity index (χ0v) is 14.0. The highest BCUT2D eigenvalue weighted by Gasteiger charge is 2.29. The van der Waals surface area contributed by atoms with Crippen molar-refractivity contribution in [3.8, 4) is 0 Å². The summed E-state index contributed by atoms with van der Waals surface area (Å²) in [6.07, 6.45) is 5.28. The van der Waals surface area contributed by atoms with Crippen molar-refractivity contribution in [1.29, 1.82) is 0 Å². The van der Waals surface area contributed by atoms with Crippen molar-refractivity contribution in [3.05, 3.63) is 0 Å². The van der Waals surface area contributed by atoms with Gasteiger partial charge in [-0.2, -0.15) is 0 Å². The first kappa shape index (κ1) is 17.0. The number of piperidine rings is 1. The fraction of sp³-hybridized carbons (Fsp3) is 1.00. The Bertz CT molecular complexity index is 231. The van der Waals surface area contributed by atoms with Crippen LogP contribution in [0.15, 0.2) is 0 Å². The minimum absolute atomic E-state index is 0.445. The van der Waals surface area contributed by atoms with E-state index in [1.165, 1.54) is 51.9 Å². The second kappa shape index (κ2) is 8.26. The van der Waals surface area contributed by atoms with Gasteiger partial charge < -0.3 is 10.2 Å². The van der Waals surface area contributed by atoms with Gasteiger partial charge in [-0.15, -0.1) is 0 Å². The van der Waals surface area contributed by atoms with Crippen molar-refractivity contribution in [2.24, 2.45) is 17.3 Å². The predicted molar refractivity (Wildman–Crippen MR) is 85.6 cm³/mol. The molecular formula is C17H36N2. The summed E-state index contributed by atoms with van der Waals surface area (Å²) < 4.78 is 0. The Morgan fingerprint density at radius 3 is 2.26 bits per heavy atom. The Balaban J connectivity index is 2.50. The number of nitrogens with zero attached hydrogens (tertiary/aromatic N) is 1. The van der Waals surface area contributed by atoms with Gasteiger partial charge in [-0.3, -0.25) is 0 Å². The Kier molecular flexibility index (Phi) is 7.38. The van der Waals surface area contributed by atoms with E-state index in [-0.39, 0.29) is 0 Å². The smallest absolute Gasteiger partial charge is 0.00477 e. The summed E-state index contributed by atoms with van der Waals surface area (Å²) in [7, 11) is 0. The first-order valence-corrected chi connectivity index (χ1v) is 8.42. The molecule has 0 spiro atoms. The zero-order valence-electron chi connectivity index (χ0n) is 14.0. The van der Waals surface area contributed by atoms with Gasteiger partial charge in [0.1, 0.15) is 0 Å². The number of hydrogen-bond acceptors (Lipinski definition) is 2. The lowest BCUT2D eigenvalue weighted by molar-refractivity contribution is 0.0840. The lowest BCUT2D eigenvalue weighted by Crippen LogP contribution is -2.47. The van der Waals surface area contributed by atoms with E-state index >= 15 is 0 Å². The van der Waals surface area contributed by atoms with Crippen LogP contribution in [-0.2, 0) is 0 Å². The highest BCUT2D eigenvalue weighted by molar-refractivity contribution is 4.84. The number of nitrogens with one attached hydrogen (secondary N) is 1. The van der Waals surface area contributed by atoms with Crippen molar-refractivity contribution in [1.82, 2.24) is 10.2 Å². The van der Waals surface area contributed by atoms with E-state index in [9.17, 15) is 0 Å². The molecule has 0 radical (unpaired) electrons. The molecule has 3 unspecified atom stereocenters. The Labute approximate surface area is 121 Å². The van der Waals surface area contributed by atoms with E-state index in [4.69, 9.17) is 0 Å². The van der Waals surface area contributed by atoms with Crippen LogP contribution in [0.1, 0.15) is 60.3 Å². The van der Waals surface area contributed by atoms with E-state index in [2.05, 4.69) is 44.8 Å². The van der Waals surface area contributed by atoms with Gasteiger partial charge in [0.15, 0.2) is 0 Å². The molecule has 2 heteroatoms. The molecule has 0 aliphatic carbocycles. The van der Waals surface area contributed by atoms with Crippen LogP contribution >= 0.6 is 0 Å². The SMILES string of the molecule is CCCNCC(C)(CCC)CN1CC(C)CC(C)C1. The zero-order chi connectivity index (χ0) is 14.3. The Hall–Kier alpha value is -0.0800. The summed E-state index contributed by atoms with van der Waals surface area (Å²) in [6, 6.07) is 0. The maximum Gasteiger partial charge on any atom is 0.00477 e. The van der Waals surface area contributed by atoms with Crippen LogP contribution in [0.25, 0.3) is 0 Å². The average molecular weight is 268 g/mol. The molecule has 0 bridgehead atoms. The number of hydrogen-bond donors (Lipinski definition) is 1. The van der Waals surface area contributed by atoms with Gasteiger partial charge >= 0.3 is 0 Å². The molecule has 114 valence electrons. The van der Waals surface area contributed by atoms with Gasteiger partial charge in [0.25, 0.3) is 0 Å². The van der Waals surface area contributed by atoms with Crippen LogP contribution < -0.4 is 5.32 Å². The lowest BCUT2D eigenvalue weighted by atomic mass is 9.83. The standard InChI is InChI=1S/C17H36N2/c1-6-8-17(5,13-18-9-7-2)14-19-11-15(3)10-16(4)12-19/h15-16,18H,6-14H2,1-5H3. The molecule has 3 atom stereocenters. The van der Waals surface area contributed by atoms with E-state index in [0.29, 0.717) is 5.41 Å². The highest BCUT2D eigenvalue weighted by Crippen LogP contribution is 2.28. The number of likely N-dealkylation sites (tertiary alicyclic amines) is 1. The first-order chi connectivity index (χ1) is 8.99. The fourth-order valence-corrected chi connectivity index (χ4v) is 3.85. The van der Waals surface area contributed by atoms with Crippen molar-refractivity contribution in [2.45, 2.75) is 60.3 Å². The summed E-state index contributed by atoms with van der Waals surface area (Å²) in [5.74, 6) is 1.75.